The Labute approximate surface area is 112 Å². The number of rotatable bonds is 7. The number of halogens is 4. The minimum absolute atomic E-state index is 0.0352. The SMILES string of the molecule is NC1(Cc2nc(COCC(F)(F)C(F)F)no2)CCC1. The van der Waals surface area contributed by atoms with Crippen molar-refractivity contribution >= 4 is 0 Å². The first kappa shape index (κ1) is 15.2. The van der Waals surface area contributed by atoms with Gasteiger partial charge >= 0.3 is 12.3 Å². The highest BCUT2D eigenvalue weighted by molar-refractivity contribution is 5.00. The second-order valence-corrected chi connectivity index (χ2v) is 5.05. The van der Waals surface area contributed by atoms with Crippen LogP contribution in [0, 0.1) is 0 Å². The van der Waals surface area contributed by atoms with Gasteiger partial charge in [0.15, 0.2) is 5.82 Å². The van der Waals surface area contributed by atoms with E-state index in [-0.39, 0.29) is 11.4 Å². The van der Waals surface area contributed by atoms with Gasteiger partial charge in [0.05, 0.1) is 0 Å². The van der Waals surface area contributed by atoms with E-state index in [4.69, 9.17) is 10.3 Å². The van der Waals surface area contributed by atoms with Crippen LogP contribution in [0.2, 0.25) is 0 Å². The van der Waals surface area contributed by atoms with Crippen molar-refractivity contribution in [2.45, 2.75) is 50.2 Å². The molecular formula is C11H15F4N3O2. The van der Waals surface area contributed by atoms with Gasteiger partial charge in [0.25, 0.3) is 0 Å². The molecule has 1 heterocycles. The summed E-state index contributed by atoms with van der Waals surface area (Å²) in [6.07, 6.45) is -0.584. The van der Waals surface area contributed by atoms with Gasteiger partial charge in [0, 0.05) is 12.0 Å². The molecule has 114 valence electrons. The number of alkyl halides is 4. The van der Waals surface area contributed by atoms with Crippen molar-refractivity contribution in [1.82, 2.24) is 10.1 Å². The van der Waals surface area contributed by atoms with Crippen molar-refractivity contribution in [3.8, 4) is 0 Å². The molecule has 1 aliphatic carbocycles. The Morgan fingerprint density at radius 1 is 1.40 bits per heavy atom. The Bertz CT molecular complexity index is 449. The molecule has 0 bridgehead atoms. The minimum Gasteiger partial charge on any atom is -0.367 e. The molecule has 9 heteroatoms. The van der Waals surface area contributed by atoms with Crippen LogP contribution in [0.5, 0.6) is 0 Å². The molecule has 0 saturated heterocycles. The van der Waals surface area contributed by atoms with Crippen molar-refractivity contribution in [3.05, 3.63) is 11.7 Å². The summed E-state index contributed by atoms with van der Waals surface area (Å²) in [6, 6.07) is 0. The van der Waals surface area contributed by atoms with Crippen LogP contribution in [0.4, 0.5) is 17.6 Å². The van der Waals surface area contributed by atoms with Crippen LogP contribution in [0.3, 0.4) is 0 Å². The Balaban J connectivity index is 1.78. The zero-order chi connectivity index (χ0) is 14.8. The lowest BCUT2D eigenvalue weighted by atomic mass is 9.75. The standard InChI is InChI=1S/C11H15F4N3O2/c12-9(13)11(14,15)6-19-5-7-17-8(20-18-7)4-10(16)2-1-3-10/h9H,1-6,16H2. The summed E-state index contributed by atoms with van der Waals surface area (Å²) in [5.74, 6) is -3.85. The first-order valence-electron chi connectivity index (χ1n) is 6.15. The van der Waals surface area contributed by atoms with Crippen LogP contribution < -0.4 is 5.73 Å². The van der Waals surface area contributed by atoms with Crippen LogP contribution in [0.15, 0.2) is 4.52 Å². The van der Waals surface area contributed by atoms with Crippen LogP contribution in [0.25, 0.3) is 0 Å². The van der Waals surface area contributed by atoms with Gasteiger partial charge in [-0.15, -0.1) is 0 Å². The van der Waals surface area contributed by atoms with E-state index in [0.717, 1.165) is 19.3 Å². The van der Waals surface area contributed by atoms with Gasteiger partial charge in [-0.2, -0.15) is 13.8 Å². The molecule has 0 aromatic carbocycles. The highest BCUT2D eigenvalue weighted by Crippen LogP contribution is 2.31. The third kappa shape index (κ3) is 3.66. The normalized spacial score (nSPS) is 18.3. The second kappa shape index (κ2) is 5.65. The third-order valence-corrected chi connectivity index (χ3v) is 3.21. The maximum Gasteiger partial charge on any atom is 0.330 e. The van der Waals surface area contributed by atoms with Crippen LogP contribution in [-0.4, -0.2) is 34.6 Å². The molecule has 0 amide bonds. The Kier molecular flexibility index (Phi) is 4.28. The maximum absolute atomic E-state index is 12.6. The number of hydrogen-bond acceptors (Lipinski definition) is 5. The number of nitrogens with zero attached hydrogens (tertiary/aromatic N) is 2. The van der Waals surface area contributed by atoms with Gasteiger partial charge in [-0.05, 0) is 19.3 Å². The van der Waals surface area contributed by atoms with Gasteiger partial charge < -0.3 is 15.0 Å². The topological polar surface area (TPSA) is 74.2 Å². The molecule has 0 aliphatic heterocycles. The molecule has 2 rings (SSSR count). The summed E-state index contributed by atoms with van der Waals surface area (Å²) < 4.78 is 58.3. The van der Waals surface area contributed by atoms with E-state index >= 15 is 0 Å². The number of aromatic nitrogens is 2. The molecule has 1 saturated carbocycles. The third-order valence-electron chi connectivity index (χ3n) is 3.21. The maximum atomic E-state index is 12.6. The molecule has 0 unspecified atom stereocenters. The molecule has 20 heavy (non-hydrogen) atoms. The zero-order valence-electron chi connectivity index (χ0n) is 10.6. The molecule has 0 spiro atoms. The number of nitrogens with two attached hydrogens (primary N) is 1. The van der Waals surface area contributed by atoms with E-state index in [1.165, 1.54) is 0 Å². The first-order chi connectivity index (χ1) is 9.31. The molecule has 0 atom stereocenters. The van der Waals surface area contributed by atoms with Gasteiger partial charge in [-0.3, -0.25) is 0 Å². The summed E-state index contributed by atoms with van der Waals surface area (Å²) in [7, 11) is 0. The fraction of sp³-hybridized carbons (Fsp3) is 0.818. The lowest BCUT2D eigenvalue weighted by molar-refractivity contribution is -0.168. The van der Waals surface area contributed by atoms with Gasteiger partial charge in [-0.1, -0.05) is 5.16 Å². The molecule has 5 nitrogen and oxygen atoms in total. The summed E-state index contributed by atoms with van der Waals surface area (Å²) in [6.45, 7) is -1.81. The number of hydrogen-bond donors (Lipinski definition) is 1. The van der Waals surface area contributed by atoms with Crippen LogP contribution in [0.1, 0.15) is 31.0 Å². The van der Waals surface area contributed by atoms with Crippen LogP contribution >= 0.6 is 0 Å². The molecular weight excluding hydrogens is 282 g/mol. The average Bonchev–Trinajstić information content (AvgIpc) is 2.74. The highest BCUT2D eigenvalue weighted by Gasteiger charge is 2.41. The Morgan fingerprint density at radius 3 is 2.65 bits per heavy atom. The van der Waals surface area contributed by atoms with E-state index in [9.17, 15) is 17.6 Å². The molecule has 1 aromatic heterocycles. The Morgan fingerprint density at radius 2 is 2.10 bits per heavy atom. The van der Waals surface area contributed by atoms with Crippen molar-refractivity contribution in [1.29, 1.82) is 0 Å². The van der Waals surface area contributed by atoms with Crippen molar-refractivity contribution in [2.75, 3.05) is 6.61 Å². The predicted molar refractivity (Wildman–Crippen MR) is 59.4 cm³/mol. The van der Waals surface area contributed by atoms with Crippen LogP contribution in [-0.2, 0) is 17.8 Å². The first-order valence-corrected chi connectivity index (χ1v) is 6.15. The summed E-state index contributed by atoms with van der Waals surface area (Å²) >= 11 is 0. The average molecular weight is 297 g/mol. The van der Waals surface area contributed by atoms with E-state index in [0.29, 0.717) is 12.3 Å². The molecule has 1 fully saturated rings. The smallest absolute Gasteiger partial charge is 0.330 e. The quantitative estimate of drug-likeness (QED) is 0.778. The van der Waals surface area contributed by atoms with Crippen molar-refractivity contribution in [2.24, 2.45) is 5.73 Å². The van der Waals surface area contributed by atoms with Gasteiger partial charge in [0.1, 0.15) is 13.2 Å². The minimum atomic E-state index is -4.18. The van der Waals surface area contributed by atoms with E-state index in [1.807, 2.05) is 0 Å². The van der Waals surface area contributed by atoms with E-state index in [2.05, 4.69) is 14.9 Å². The Hall–Kier alpha value is -1.22. The van der Waals surface area contributed by atoms with Gasteiger partial charge in [-0.25, -0.2) is 8.78 Å². The number of ether oxygens (including phenoxy) is 1. The monoisotopic (exact) mass is 297 g/mol. The van der Waals surface area contributed by atoms with Crippen molar-refractivity contribution in [3.63, 3.8) is 0 Å². The lowest BCUT2D eigenvalue weighted by Gasteiger charge is -2.36. The summed E-state index contributed by atoms with van der Waals surface area (Å²) in [4.78, 5) is 3.93. The van der Waals surface area contributed by atoms with E-state index < -0.39 is 25.6 Å². The second-order valence-electron chi connectivity index (χ2n) is 5.05. The molecule has 2 N–H and O–H groups in total. The zero-order valence-corrected chi connectivity index (χ0v) is 10.6. The molecule has 0 radical (unpaired) electrons. The summed E-state index contributed by atoms with van der Waals surface area (Å²) in [5.41, 5.74) is 5.65. The lowest BCUT2D eigenvalue weighted by Crippen LogP contribution is -2.48. The van der Waals surface area contributed by atoms with Gasteiger partial charge in [0.2, 0.25) is 5.89 Å². The van der Waals surface area contributed by atoms with Crippen molar-refractivity contribution < 1.29 is 26.8 Å². The largest absolute Gasteiger partial charge is 0.367 e. The molecule has 1 aromatic rings. The fourth-order valence-electron chi connectivity index (χ4n) is 1.87. The molecule has 1 aliphatic rings. The summed E-state index contributed by atoms with van der Waals surface area (Å²) in [5, 5.41) is 3.52. The highest BCUT2D eigenvalue weighted by atomic mass is 19.3. The predicted octanol–water partition coefficient (Wildman–Crippen LogP) is 1.91. The van der Waals surface area contributed by atoms with E-state index in [1.54, 1.807) is 0 Å². The fourth-order valence-corrected chi connectivity index (χ4v) is 1.87.